The van der Waals surface area contributed by atoms with Gasteiger partial charge < -0.3 is 10.2 Å². The first kappa shape index (κ1) is 12.4. The van der Waals surface area contributed by atoms with Gasteiger partial charge in [-0.05, 0) is 13.0 Å². The molecule has 2 aromatic rings. The average molecular weight is 252 g/mol. The third kappa shape index (κ3) is 2.45. The lowest BCUT2D eigenvalue weighted by Crippen LogP contribution is -2.25. The van der Waals surface area contributed by atoms with Gasteiger partial charge in [-0.1, -0.05) is 13.8 Å². The summed E-state index contributed by atoms with van der Waals surface area (Å²) in [5, 5.41) is 5.29. The second-order valence-electron chi connectivity index (χ2n) is 4.74. The fourth-order valence-electron chi connectivity index (χ4n) is 2.09. The number of rotatable bonds is 5. The Kier molecular flexibility index (Phi) is 3.69. The summed E-state index contributed by atoms with van der Waals surface area (Å²) in [7, 11) is 4.09. The lowest BCUT2D eigenvalue weighted by molar-refractivity contribution is 0.632. The van der Waals surface area contributed by atoms with Gasteiger partial charge in [-0.15, -0.1) is 11.3 Å². The molecule has 0 radical (unpaired) electrons. The molecule has 0 unspecified atom stereocenters. The second-order valence-corrected chi connectivity index (χ2v) is 5.62. The van der Waals surface area contributed by atoms with E-state index in [0.29, 0.717) is 5.92 Å². The summed E-state index contributed by atoms with van der Waals surface area (Å²) in [6.45, 7) is 6.33. The summed E-state index contributed by atoms with van der Waals surface area (Å²) < 4.78 is 2.17. The SMILES string of the molecule is CNCc1c(N(C)CC(C)C)nc2sccn12. The fourth-order valence-corrected chi connectivity index (χ4v) is 2.82. The number of nitrogens with zero attached hydrogens (tertiary/aromatic N) is 3. The molecule has 2 rings (SSSR count). The molecular formula is C12H20N4S. The zero-order valence-corrected chi connectivity index (χ0v) is 11.7. The predicted octanol–water partition coefficient (Wildman–Crippen LogP) is 2.21. The Morgan fingerprint density at radius 3 is 2.94 bits per heavy atom. The molecule has 5 heteroatoms. The van der Waals surface area contributed by atoms with Crippen LogP contribution in [0, 0.1) is 5.92 Å². The van der Waals surface area contributed by atoms with Gasteiger partial charge in [0.2, 0.25) is 0 Å². The van der Waals surface area contributed by atoms with Gasteiger partial charge in [0.1, 0.15) is 0 Å². The minimum atomic E-state index is 0.641. The van der Waals surface area contributed by atoms with Crippen LogP contribution in [0.2, 0.25) is 0 Å². The van der Waals surface area contributed by atoms with Crippen LogP contribution in [-0.4, -0.2) is 30.0 Å². The van der Waals surface area contributed by atoms with Gasteiger partial charge in [-0.3, -0.25) is 4.40 Å². The smallest absolute Gasteiger partial charge is 0.195 e. The molecule has 0 fully saturated rings. The van der Waals surface area contributed by atoms with Crippen molar-refractivity contribution >= 4 is 22.1 Å². The number of hydrogen-bond acceptors (Lipinski definition) is 4. The van der Waals surface area contributed by atoms with Crippen LogP contribution in [0.3, 0.4) is 0 Å². The maximum Gasteiger partial charge on any atom is 0.195 e. The molecule has 2 aromatic heterocycles. The van der Waals surface area contributed by atoms with Crippen LogP contribution in [0.1, 0.15) is 19.5 Å². The highest BCUT2D eigenvalue weighted by molar-refractivity contribution is 7.15. The van der Waals surface area contributed by atoms with Crippen molar-refractivity contribution in [2.45, 2.75) is 20.4 Å². The molecule has 0 aliphatic rings. The Hall–Kier alpha value is -1.07. The summed E-state index contributed by atoms with van der Waals surface area (Å²) in [6.07, 6.45) is 2.09. The van der Waals surface area contributed by atoms with E-state index in [-0.39, 0.29) is 0 Å². The third-order valence-corrected chi connectivity index (χ3v) is 3.44. The van der Waals surface area contributed by atoms with E-state index in [4.69, 9.17) is 4.98 Å². The second kappa shape index (κ2) is 5.06. The van der Waals surface area contributed by atoms with Crippen LogP contribution in [0.4, 0.5) is 5.82 Å². The van der Waals surface area contributed by atoms with Crippen LogP contribution in [0.5, 0.6) is 0 Å². The molecule has 1 N–H and O–H groups in total. The van der Waals surface area contributed by atoms with E-state index in [0.717, 1.165) is 23.9 Å². The molecule has 0 aliphatic carbocycles. The van der Waals surface area contributed by atoms with Crippen molar-refractivity contribution in [1.82, 2.24) is 14.7 Å². The zero-order chi connectivity index (χ0) is 12.4. The van der Waals surface area contributed by atoms with Crippen LogP contribution in [0.15, 0.2) is 11.6 Å². The van der Waals surface area contributed by atoms with Crippen molar-refractivity contribution in [1.29, 1.82) is 0 Å². The van der Waals surface area contributed by atoms with E-state index in [1.54, 1.807) is 11.3 Å². The van der Waals surface area contributed by atoms with Gasteiger partial charge in [-0.2, -0.15) is 0 Å². The highest BCUT2D eigenvalue weighted by Gasteiger charge is 2.16. The molecular weight excluding hydrogens is 232 g/mol. The number of thiazole rings is 1. The Bertz CT molecular complexity index is 486. The summed E-state index contributed by atoms with van der Waals surface area (Å²) >= 11 is 1.68. The highest BCUT2D eigenvalue weighted by Crippen LogP contribution is 2.24. The molecule has 0 atom stereocenters. The normalized spacial score (nSPS) is 11.6. The van der Waals surface area contributed by atoms with E-state index in [2.05, 4.69) is 47.1 Å². The fraction of sp³-hybridized carbons (Fsp3) is 0.583. The Balaban J connectivity index is 2.37. The van der Waals surface area contributed by atoms with E-state index >= 15 is 0 Å². The van der Waals surface area contributed by atoms with Crippen LogP contribution >= 0.6 is 11.3 Å². The summed E-state index contributed by atoms with van der Waals surface area (Å²) in [5.74, 6) is 1.74. The first-order chi connectivity index (χ1) is 8.13. The standard InChI is InChI=1S/C12H20N4S/c1-9(2)8-15(4)11-10(7-13-3)16-5-6-17-12(16)14-11/h5-6,9,13H,7-8H2,1-4H3. The maximum absolute atomic E-state index is 4.71. The van der Waals surface area contributed by atoms with Crippen LogP contribution in [0.25, 0.3) is 4.96 Å². The van der Waals surface area contributed by atoms with Gasteiger partial charge in [-0.25, -0.2) is 4.98 Å². The Morgan fingerprint density at radius 2 is 2.29 bits per heavy atom. The molecule has 0 saturated carbocycles. The minimum Gasteiger partial charge on any atom is -0.358 e. The largest absolute Gasteiger partial charge is 0.358 e. The van der Waals surface area contributed by atoms with Gasteiger partial charge >= 0.3 is 0 Å². The van der Waals surface area contributed by atoms with E-state index < -0.39 is 0 Å². The number of aromatic nitrogens is 2. The molecule has 0 spiro atoms. The van der Waals surface area contributed by atoms with Crippen molar-refractivity contribution in [3.63, 3.8) is 0 Å². The molecule has 0 saturated heterocycles. The summed E-state index contributed by atoms with van der Waals surface area (Å²) in [4.78, 5) is 8.03. The van der Waals surface area contributed by atoms with Crippen molar-refractivity contribution in [3.05, 3.63) is 17.3 Å². The van der Waals surface area contributed by atoms with Crippen molar-refractivity contribution in [2.24, 2.45) is 5.92 Å². The Labute approximate surface area is 106 Å². The monoisotopic (exact) mass is 252 g/mol. The summed E-state index contributed by atoms with van der Waals surface area (Å²) in [6, 6.07) is 0. The van der Waals surface area contributed by atoms with E-state index in [1.165, 1.54) is 5.69 Å². The molecule has 0 aliphatic heterocycles. The van der Waals surface area contributed by atoms with Gasteiger partial charge in [0, 0.05) is 31.7 Å². The molecule has 4 nitrogen and oxygen atoms in total. The van der Waals surface area contributed by atoms with Crippen molar-refractivity contribution < 1.29 is 0 Å². The number of nitrogens with one attached hydrogen (secondary N) is 1. The van der Waals surface area contributed by atoms with E-state index in [1.807, 2.05) is 7.05 Å². The number of anilines is 1. The van der Waals surface area contributed by atoms with E-state index in [9.17, 15) is 0 Å². The number of imidazole rings is 1. The van der Waals surface area contributed by atoms with Crippen LogP contribution in [-0.2, 0) is 6.54 Å². The van der Waals surface area contributed by atoms with Crippen molar-refractivity contribution in [3.8, 4) is 0 Å². The molecule has 0 aromatic carbocycles. The maximum atomic E-state index is 4.71. The molecule has 0 bridgehead atoms. The minimum absolute atomic E-state index is 0.641. The molecule has 17 heavy (non-hydrogen) atoms. The quantitative estimate of drug-likeness (QED) is 0.885. The first-order valence-electron chi connectivity index (χ1n) is 5.93. The zero-order valence-electron chi connectivity index (χ0n) is 10.9. The Morgan fingerprint density at radius 1 is 1.53 bits per heavy atom. The summed E-state index contributed by atoms with van der Waals surface area (Å²) in [5.41, 5.74) is 1.24. The molecule has 0 amide bonds. The lowest BCUT2D eigenvalue weighted by atomic mass is 10.2. The first-order valence-corrected chi connectivity index (χ1v) is 6.81. The van der Waals surface area contributed by atoms with Gasteiger partial charge in [0.15, 0.2) is 10.8 Å². The molecule has 94 valence electrons. The van der Waals surface area contributed by atoms with Gasteiger partial charge in [0.25, 0.3) is 0 Å². The average Bonchev–Trinajstić information content (AvgIpc) is 2.79. The number of hydrogen-bond donors (Lipinski definition) is 1. The predicted molar refractivity (Wildman–Crippen MR) is 73.9 cm³/mol. The lowest BCUT2D eigenvalue weighted by Gasteiger charge is -2.20. The number of fused-ring (bicyclic) bond motifs is 1. The van der Waals surface area contributed by atoms with Gasteiger partial charge in [0.05, 0.1) is 5.69 Å². The topological polar surface area (TPSA) is 32.6 Å². The van der Waals surface area contributed by atoms with Crippen LogP contribution < -0.4 is 10.2 Å². The highest BCUT2D eigenvalue weighted by atomic mass is 32.1. The third-order valence-electron chi connectivity index (χ3n) is 2.68. The van der Waals surface area contributed by atoms with Crippen molar-refractivity contribution in [2.75, 3.05) is 25.5 Å². The molecule has 2 heterocycles.